The Morgan fingerprint density at radius 1 is 0.277 bits per heavy atom. The summed E-state index contributed by atoms with van der Waals surface area (Å²) in [5.41, 5.74) is 34.3. The van der Waals surface area contributed by atoms with Crippen molar-refractivity contribution in [1.82, 2.24) is 0 Å². The molecule has 0 unspecified atom stereocenters. The summed E-state index contributed by atoms with van der Waals surface area (Å²) in [4.78, 5) is 20.6. The minimum Gasteiger partial charge on any atom is -0.497 e. The van der Waals surface area contributed by atoms with Gasteiger partial charge in [0.05, 0.1) is 20.3 Å². The van der Waals surface area contributed by atoms with E-state index in [0.717, 1.165) is 111 Å². The number of carbonyl (C=O) groups excluding carboxylic acids is 1. The molecule has 15 rings (SSSR count). The van der Waals surface area contributed by atoms with Crippen LogP contribution in [0.1, 0.15) is 96.5 Å². The van der Waals surface area contributed by atoms with Crippen molar-refractivity contribution >= 4 is 107 Å². The summed E-state index contributed by atoms with van der Waals surface area (Å²) in [5, 5.41) is 0. The molecule has 15 aromatic rings. The third-order valence-electron chi connectivity index (χ3n) is 20.7. The molecule has 0 atom stereocenters. The molecule has 0 saturated carbocycles. The van der Waals surface area contributed by atoms with Crippen LogP contribution >= 0.6 is 8.38 Å². The predicted molar refractivity (Wildman–Crippen MR) is 507 cm³/mol. The molecular weight excluding hydrogens is 1480 g/mol. The Morgan fingerprint density at radius 2 is 0.513 bits per heavy atom. The third-order valence-corrected chi connectivity index (χ3v) is 22.4. The zero-order chi connectivity index (χ0) is 82.3. The van der Waals surface area contributed by atoms with Crippen LogP contribution < -0.4 is 24.3 Å². The summed E-state index contributed by atoms with van der Waals surface area (Å²) in [5.74, 6) is 0.831. The van der Waals surface area contributed by atoms with Crippen LogP contribution in [0.2, 0.25) is 0 Å². The van der Waals surface area contributed by atoms with Crippen molar-refractivity contribution in [3.63, 3.8) is 0 Å². The molecule has 15 aromatic carbocycles. The Kier molecular flexibility index (Phi) is 29.7. The van der Waals surface area contributed by atoms with Crippen LogP contribution in [0.3, 0.4) is 0 Å². The smallest absolute Gasteiger partial charge is 0.175 e. The van der Waals surface area contributed by atoms with Crippen molar-refractivity contribution in [2.75, 3.05) is 39.9 Å². The van der Waals surface area contributed by atoms with Crippen molar-refractivity contribution in [2.45, 2.75) is 75.4 Å². The van der Waals surface area contributed by atoms with Crippen LogP contribution in [0, 0.1) is 55.4 Å². The lowest BCUT2D eigenvalue weighted by molar-refractivity contribution is 0.112. The second kappa shape index (κ2) is 41.5. The lowest BCUT2D eigenvalue weighted by Crippen LogP contribution is -2.11. The molecule has 0 spiro atoms. The van der Waals surface area contributed by atoms with Crippen LogP contribution in [0.5, 0.6) is 5.75 Å². The highest BCUT2D eigenvalue weighted by Crippen LogP contribution is 2.45. The van der Waals surface area contributed by atoms with Gasteiger partial charge < -0.3 is 38.9 Å². The molecule has 0 heterocycles. The number of benzene rings is 15. The molecular formula is C109H105N4O5P. The lowest BCUT2D eigenvalue weighted by atomic mass is 10.0. The van der Waals surface area contributed by atoms with Gasteiger partial charge >= 0.3 is 0 Å². The monoisotopic (exact) mass is 1580 g/mol. The molecule has 9 nitrogen and oxygen atoms in total. The van der Waals surface area contributed by atoms with E-state index in [2.05, 4.69) is 390 Å². The van der Waals surface area contributed by atoms with Crippen LogP contribution in [0.25, 0.3) is 46.6 Å². The zero-order valence-electron chi connectivity index (χ0n) is 69.9. The van der Waals surface area contributed by atoms with Crippen molar-refractivity contribution in [3.8, 4) is 28.0 Å². The normalized spacial score (nSPS) is 11.0. The molecule has 0 saturated heterocycles. The molecule has 0 aliphatic carbocycles. The van der Waals surface area contributed by atoms with E-state index in [1.807, 2.05) is 80.6 Å². The number of hydrogen-bond acceptors (Lipinski definition) is 8. The second-order valence-corrected chi connectivity index (χ2v) is 31.1. The van der Waals surface area contributed by atoms with E-state index >= 15 is 0 Å². The van der Waals surface area contributed by atoms with Crippen LogP contribution in [-0.4, -0.2) is 32.1 Å². The number of aryl methyl sites for hydroxylation is 8. The molecule has 0 fully saturated rings. The first-order valence-electron chi connectivity index (χ1n) is 40.4. The van der Waals surface area contributed by atoms with Gasteiger partial charge in [-0.3, -0.25) is 4.79 Å². The Labute approximate surface area is 705 Å². The SMILES string of the molecule is CCOP(Cc1ccccc1)OCC.COc1ccc(N(c2ccc(-c3ccc(N(c4ccc(C=O)cc4)c4ccc(C)cc4C)cc3)cc2)c2ccc(C)cc2C)cc1.Cc1ccc(N(c2ccc(/C=C/c3ccccc3)cc2)c2ccc(-c3ccc(N(c4ccc(/C=C/c5ccccc5)cc4)c4ccc(C)cc4C)cc3)cc2)c(C)c1.O. The van der Waals surface area contributed by atoms with Gasteiger partial charge in [-0.2, -0.15) is 0 Å². The van der Waals surface area contributed by atoms with E-state index in [0.29, 0.717) is 5.56 Å². The molecule has 596 valence electrons. The lowest BCUT2D eigenvalue weighted by Gasteiger charge is -2.28. The predicted octanol–water partition coefficient (Wildman–Crippen LogP) is 30.0. The summed E-state index contributed by atoms with van der Waals surface area (Å²) in [6.45, 7) is 22.7. The number of methoxy groups -OCH3 is 1. The Bertz CT molecular complexity index is 5610. The Hall–Kier alpha value is -13.2. The summed E-state index contributed by atoms with van der Waals surface area (Å²) < 4.78 is 16.5. The largest absolute Gasteiger partial charge is 0.497 e. The number of rotatable bonds is 26. The summed E-state index contributed by atoms with van der Waals surface area (Å²) in [7, 11) is 0.953. The van der Waals surface area contributed by atoms with Crippen molar-refractivity contribution in [3.05, 3.63) is 436 Å². The van der Waals surface area contributed by atoms with Crippen molar-refractivity contribution in [2.24, 2.45) is 0 Å². The van der Waals surface area contributed by atoms with E-state index in [-0.39, 0.29) is 5.48 Å². The summed E-state index contributed by atoms with van der Waals surface area (Å²) in [6.07, 6.45) is 10.4. The first-order valence-corrected chi connectivity index (χ1v) is 41.8. The quantitative estimate of drug-likeness (QED) is 0.0301. The minimum absolute atomic E-state index is 0. The standard InChI is InChI=1S/C56H48N2.C42H38N2O2.C11H17O2P.H2O/c1-41-15-37-55(43(3)39-41)57(51-29-21-47(22-30-51)19-17-45-11-7-5-8-12-45)53-33-25-49(26-34-53)50-27-35-54(36-28-50)58(56-38-16-42(2)40-44(56)4)52-31-23-48(24-32-52)20-18-46-13-9-6-10-14-46;1-29-6-24-41(31(3)26-29)43(36-14-8-33(28-45)9-15-36)37-16-10-34(11-17-37)35-12-18-38(19-13-35)44(39-20-22-40(46-5)23-21-39)42-25-7-30(2)27-32(42)4;1-3-12-14(13-4-2)10-11-8-6-5-7-9-11;/h5-40H,1-4H3;6-28H,1-5H3;5-9H,3-4,10H2,1-2H3;1H2/b19-17+,20-18+;;;. The van der Waals surface area contributed by atoms with E-state index in [1.54, 1.807) is 7.11 Å². The molecule has 119 heavy (non-hydrogen) atoms. The Balaban J connectivity index is 0.000000190. The number of nitrogens with zero attached hydrogens (tertiary/aromatic N) is 4. The van der Waals surface area contributed by atoms with Gasteiger partial charge in [0, 0.05) is 80.0 Å². The highest BCUT2D eigenvalue weighted by atomic mass is 31.2. The molecule has 0 amide bonds. The van der Waals surface area contributed by atoms with Crippen molar-refractivity contribution < 1.29 is 24.1 Å². The van der Waals surface area contributed by atoms with Gasteiger partial charge in [0.2, 0.25) is 0 Å². The summed E-state index contributed by atoms with van der Waals surface area (Å²) >= 11 is 0. The van der Waals surface area contributed by atoms with Crippen LogP contribution in [-0.2, 0) is 15.2 Å². The maximum Gasteiger partial charge on any atom is 0.175 e. The number of anilines is 12. The van der Waals surface area contributed by atoms with E-state index in [9.17, 15) is 4.79 Å². The fraction of sp³-hybridized carbons (Fsp3) is 0.128. The maximum atomic E-state index is 11.3. The first-order chi connectivity index (χ1) is 57.6. The van der Waals surface area contributed by atoms with Gasteiger partial charge in [-0.25, -0.2) is 0 Å². The third kappa shape index (κ3) is 22.3. The fourth-order valence-electron chi connectivity index (χ4n) is 14.7. The molecule has 0 aliphatic heterocycles. The topological polar surface area (TPSA) is 89.2 Å². The average molecular weight is 1580 g/mol. The zero-order valence-corrected chi connectivity index (χ0v) is 70.8. The van der Waals surface area contributed by atoms with Gasteiger partial charge in [0.15, 0.2) is 8.38 Å². The maximum absolute atomic E-state index is 11.3. The molecule has 0 radical (unpaired) electrons. The second-order valence-electron chi connectivity index (χ2n) is 29.6. The van der Waals surface area contributed by atoms with Gasteiger partial charge in [0.1, 0.15) is 12.0 Å². The number of aldehydes is 1. The number of hydrogen-bond donors (Lipinski definition) is 0. The summed E-state index contributed by atoms with van der Waals surface area (Å²) in [6, 6.07) is 126. The molecule has 10 heteroatoms. The van der Waals surface area contributed by atoms with Gasteiger partial charge in [-0.15, -0.1) is 0 Å². The van der Waals surface area contributed by atoms with E-state index in [4.69, 9.17) is 13.8 Å². The number of ether oxygens (including phenoxy) is 1. The fourth-order valence-corrected chi connectivity index (χ4v) is 16.1. The van der Waals surface area contributed by atoms with Crippen molar-refractivity contribution in [1.29, 1.82) is 0 Å². The van der Waals surface area contributed by atoms with Crippen LogP contribution in [0.15, 0.2) is 358 Å². The first kappa shape index (κ1) is 85.1. The molecule has 0 aliphatic rings. The Morgan fingerprint density at radius 3 is 0.756 bits per heavy atom. The number of carbonyl (C=O) groups is 1. The molecule has 0 aromatic heterocycles. The highest BCUT2D eigenvalue weighted by Gasteiger charge is 2.21. The van der Waals surface area contributed by atoms with Gasteiger partial charge in [0.25, 0.3) is 0 Å². The van der Waals surface area contributed by atoms with E-state index < -0.39 is 8.38 Å². The molecule has 0 bridgehead atoms. The molecule has 2 N–H and O–H groups in total. The van der Waals surface area contributed by atoms with Crippen LogP contribution in [0.4, 0.5) is 68.2 Å². The van der Waals surface area contributed by atoms with E-state index in [1.165, 1.54) is 83.7 Å². The van der Waals surface area contributed by atoms with Gasteiger partial charge in [-0.1, -0.05) is 259 Å². The minimum atomic E-state index is -0.737. The highest BCUT2D eigenvalue weighted by molar-refractivity contribution is 7.46. The average Bonchev–Trinajstić information content (AvgIpc) is 0.796. The van der Waals surface area contributed by atoms with Gasteiger partial charge in [-0.05, 0) is 287 Å².